The highest BCUT2D eigenvalue weighted by atomic mass is 32.2. The first kappa shape index (κ1) is 18.8. The summed E-state index contributed by atoms with van der Waals surface area (Å²) in [4.78, 5) is 17.1. The third kappa shape index (κ3) is 3.79. The Morgan fingerprint density at radius 1 is 1.10 bits per heavy atom. The molecule has 1 amide bonds. The van der Waals surface area contributed by atoms with E-state index in [0.29, 0.717) is 5.16 Å². The monoisotopic (exact) mass is 431 g/mol. The van der Waals surface area contributed by atoms with Gasteiger partial charge in [0, 0.05) is 17.4 Å². The van der Waals surface area contributed by atoms with Crippen molar-refractivity contribution in [2.75, 3.05) is 11.1 Å². The predicted octanol–water partition coefficient (Wildman–Crippen LogP) is 5.05. The van der Waals surface area contributed by atoms with E-state index in [9.17, 15) is 4.79 Å². The van der Waals surface area contributed by atoms with Crippen molar-refractivity contribution in [3.05, 3.63) is 72.4 Å². The van der Waals surface area contributed by atoms with E-state index < -0.39 is 0 Å². The van der Waals surface area contributed by atoms with Gasteiger partial charge in [0.1, 0.15) is 5.01 Å². The molecule has 1 N–H and O–H groups in total. The van der Waals surface area contributed by atoms with Gasteiger partial charge < -0.3 is 5.32 Å². The van der Waals surface area contributed by atoms with Crippen LogP contribution in [-0.2, 0) is 4.79 Å². The van der Waals surface area contributed by atoms with Crippen molar-refractivity contribution in [2.45, 2.75) is 12.1 Å². The van der Waals surface area contributed by atoms with E-state index in [1.165, 1.54) is 22.0 Å². The Bertz CT molecular complexity index is 1360. The number of nitrogens with one attached hydrogen (secondary N) is 1. The number of rotatable bonds is 5. The zero-order valence-electron chi connectivity index (χ0n) is 16.1. The molecule has 2 aromatic carbocycles. The number of benzene rings is 2. The summed E-state index contributed by atoms with van der Waals surface area (Å²) >= 11 is 3.03. The minimum absolute atomic E-state index is 0.0871. The summed E-state index contributed by atoms with van der Waals surface area (Å²) < 4.78 is 3.05. The SMILES string of the molecule is Cc1ccc2nc(-c3ccc(NC(=O)CSc4nnc5ccccn45)cc3)sc2c1. The number of hydrogen-bond donors (Lipinski definition) is 1. The largest absolute Gasteiger partial charge is 0.325 e. The third-order valence-corrected chi connectivity index (χ3v) is 6.58. The first-order valence-electron chi connectivity index (χ1n) is 9.36. The molecule has 5 rings (SSSR count). The van der Waals surface area contributed by atoms with Crippen LogP contribution in [0.4, 0.5) is 5.69 Å². The molecule has 0 radical (unpaired) electrons. The van der Waals surface area contributed by atoms with Crippen molar-refractivity contribution in [2.24, 2.45) is 0 Å². The van der Waals surface area contributed by atoms with E-state index in [4.69, 9.17) is 4.98 Å². The van der Waals surface area contributed by atoms with Crippen LogP contribution >= 0.6 is 23.1 Å². The standard InChI is InChI=1S/C22H17N5OS2/c1-14-5-10-17-18(12-14)30-21(24-17)15-6-8-16(9-7-15)23-20(28)13-29-22-26-25-19-4-2-3-11-27(19)22/h2-12H,13H2,1H3,(H,23,28). The van der Waals surface area contributed by atoms with Gasteiger partial charge in [-0.3, -0.25) is 9.20 Å². The van der Waals surface area contributed by atoms with E-state index in [-0.39, 0.29) is 11.7 Å². The molecule has 0 aliphatic carbocycles. The topological polar surface area (TPSA) is 72.2 Å². The highest BCUT2D eigenvalue weighted by molar-refractivity contribution is 7.99. The van der Waals surface area contributed by atoms with E-state index >= 15 is 0 Å². The quantitative estimate of drug-likeness (QED) is 0.395. The number of fused-ring (bicyclic) bond motifs is 2. The van der Waals surface area contributed by atoms with Gasteiger partial charge in [0.25, 0.3) is 0 Å². The van der Waals surface area contributed by atoms with Crippen LogP contribution in [0, 0.1) is 6.92 Å². The maximum atomic E-state index is 12.3. The molecule has 0 fully saturated rings. The Kier molecular flexibility index (Phi) is 4.94. The smallest absolute Gasteiger partial charge is 0.234 e. The summed E-state index contributed by atoms with van der Waals surface area (Å²) in [7, 11) is 0. The maximum Gasteiger partial charge on any atom is 0.234 e. The average molecular weight is 432 g/mol. The summed E-state index contributed by atoms with van der Waals surface area (Å²) in [5.74, 6) is 0.171. The van der Waals surface area contributed by atoms with Crippen LogP contribution < -0.4 is 5.32 Å². The van der Waals surface area contributed by atoms with Crippen LogP contribution in [0.1, 0.15) is 5.56 Å². The lowest BCUT2D eigenvalue weighted by Crippen LogP contribution is -2.14. The lowest BCUT2D eigenvalue weighted by molar-refractivity contribution is -0.113. The molecule has 0 unspecified atom stereocenters. The number of carbonyl (C=O) groups is 1. The van der Waals surface area contributed by atoms with Gasteiger partial charge in [0.15, 0.2) is 10.8 Å². The molecule has 8 heteroatoms. The average Bonchev–Trinajstić information content (AvgIpc) is 3.36. The zero-order valence-corrected chi connectivity index (χ0v) is 17.7. The van der Waals surface area contributed by atoms with Gasteiger partial charge in [-0.25, -0.2) is 4.98 Å². The number of hydrogen-bond acceptors (Lipinski definition) is 6. The third-order valence-electron chi connectivity index (χ3n) is 4.57. The number of anilines is 1. The lowest BCUT2D eigenvalue weighted by atomic mass is 10.2. The molecule has 0 aliphatic rings. The maximum absolute atomic E-state index is 12.3. The normalized spacial score (nSPS) is 11.2. The van der Waals surface area contributed by atoms with Gasteiger partial charge in [-0.1, -0.05) is 23.9 Å². The minimum Gasteiger partial charge on any atom is -0.325 e. The summed E-state index contributed by atoms with van der Waals surface area (Å²) in [5, 5.41) is 12.8. The van der Waals surface area contributed by atoms with Crippen molar-refractivity contribution in [1.29, 1.82) is 0 Å². The van der Waals surface area contributed by atoms with Crippen LogP contribution in [0.15, 0.2) is 72.0 Å². The first-order chi connectivity index (χ1) is 14.7. The lowest BCUT2D eigenvalue weighted by Gasteiger charge is -2.05. The summed E-state index contributed by atoms with van der Waals surface area (Å²) in [6.45, 7) is 2.08. The van der Waals surface area contributed by atoms with Crippen molar-refractivity contribution in [3.8, 4) is 10.6 Å². The molecule has 30 heavy (non-hydrogen) atoms. The second-order valence-electron chi connectivity index (χ2n) is 6.82. The number of pyridine rings is 1. The van der Waals surface area contributed by atoms with Crippen LogP contribution in [0.2, 0.25) is 0 Å². The molecular formula is C22H17N5OS2. The highest BCUT2D eigenvalue weighted by Gasteiger charge is 2.10. The molecule has 3 aromatic heterocycles. The number of amides is 1. The van der Waals surface area contributed by atoms with Crippen LogP contribution in [-0.4, -0.2) is 31.2 Å². The van der Waals surface area contributed by atoms with Crippen molar-refractivity contribution < 1.29 is 4.79 Å². The Hall–Kier alpha value is -3.23. The van der Waals surface area contributed by atoms with E-state index in [1.54, 1.807) is 11.3 Å². The molecular weight excluding hydrogens is 414 g/mol. The molecule has 148 valence electrons. The number of nitrogens with zero attached hydrogens (tertiary/aromatic N) is 4. The molecule has 3 heterocycles. The van der Waals surface area contributed by atoms with Crippen LogP contribution in [0.3, 0.4) is 0 Å². The molecule has 6 nitrogen and oxygen atoms in total. The molecule has 0 aliphatic heterocycles. The fourth-order valence-corrected chi connectivity index (χ4v) is 4.89. The molecule has 0 atom stereocenters. The van der Waals surface area contributed by atoms with Crippen LogP contribution in [0.25, 0.3) is 26.4 Å². The highest BCUT2D eigenvalue weighted by Crippen LogP contribution is 2.31. The predicted molar refractivity (Wildman–Crippen MR) is 122 cm³/mol. The van der Waals surface area contributed by atoms with Gasteiger partial charge >= 0.3 is 0 Å². The minimum atomic E-state index is -0.0871. The molecule has 0 saturated heterocycles. The van der Waals surface area contributed by atoms with Crippen molar-refractivity contribution in [1.82, 2.24) is 19.6 Å². The fourth-order valence-electron chi connectivity index (χ4n) is 3.10. The Morgan fingerprint density at radius 2 is 1.97 bits per heavy atom. The first-order valence-corrected chi connectivity index (χ1v) is 11.2. The summed E-state index contributed by atoms with van der Waals surface area (Å²) in [6.07, 6.45) is 1.89. The zero-order chi connectivity index (χ0) is 20.5. The van der Waals surface area contributed by atoms with E-state index in [0.717, 1.165) is 27.4 Å². The Morgan fingerprint density at radius 3 is 2.83 bits per heavy atom. The summed E-state index contributed by atoms with van der Waals surface area (Å²) in [5.41, 5.74) is 4.80. The van der Waals surface area contributed by atoms with E-state index in [2.05, 4.69) is 40.6 Å². The molecule has 0 saturated carbocycles. The molecule has 0 bridgehead atoms. The van der Waals surface area contributed by atoms with Crippen molar-refractivity contribution in [3.63, 3.8) is 0 Å². The number of thioether (sulfide) groups is 1. The van der Waals surface area contributed by atoms with Gasteiger partial charge in [-0.2, -0.15) is 0 Å². The number of aromatic nitrogens is 4. The van der Waals surface area contributed by atoms with Gasteiger partial charge in [-0.05, 0) is 61.0 Å². The van der Waals surface area contributed by atoms with Crippen LogP contribution in [0.5, 0.6) is 0 Å². The Labute approximate surface area is 181 Å². The van der Waals surface area contributed by atoms with Crippen molar-refractivity contribution >= 4 is 50.6 Å². The van der Waals surface area contributed by atoms with Gasteiger partial charge in [-0.15, -0.1) is 21.5 Å². The van der Waals surface area contributed by atoms with E-state index in [1.807, 2.05) is 53.1 Å². The Balaban J connectivity index is 1.24. The summed E-state index contributed by atoms with van der Waals surface area (Å²) in [6, 6.07) is 19.8. The second-order valence-corrected chi connectivity index (χ2v) is 8.79. The van der Waals surface area contributed by atoms with Gasteiger partial charge in [0.2, 0.25) is 5.91 Å². The number of carbonyl (C=O) groups excluding carboxylic acids is 1. The number of thiazole rings is 1. The second kappa shape index (κ2) is 7.89. The fraction of sp³-hybridized carbons (Fsp3) is 0.0909. The number of aryl methyl sites for hydroxylation is 1. The molecule has 5 aromatic rings. The molecule has 0 spiro atoms. The van der Waals surface area contributed by atoms with Gasteiger partial charge in [0.05, 0.1) is 16.0 Å².